The summed E-state index contributed by atoms with van der Waals surface area (Å²) in [6.45, 7) is 0.755. The lowest BCUT2D eigenvalue weighted by Gasteiger charge is -2.07. The molecule has 0 spiro atoms. The van der Waals surface area contributed by atoms with Crippen LogP contribution in [0.4, 0.5) is 10.2 Å². The van der Waals surface area contributed by atoms with Crippen LogP contribution in [-0.2, 0) is 6.42 Å². The smallest absolute Gasteiger partial charge is 0.154 e. The Kier molecular flexibility index (Phi) is 4.08. The maximum atomic E-state index is 13.1. The predicted octanol–water partition coefficient (Wildman–Crippen LogP) is 3.59. The fraction of sp³-hybridized carbons (Fsp3) is 0.105. The summed E-state index contributed by atoms with van der Waals surface area (Å²) >= 11 is 0. The van der Waals surface area contributed by atoms with Crippen LogP contribution in [0.15, 0.2) is 67.1 Å². The van der Waals surface area contributed by atoms with Gasteiger partial charge in [0.15, 0.2) is 5.65 Å². The number of benzene rings is 1. The van der Waals surface area contributed by atoms with Gasteiger partial charge in [-0.05, 0) is 54.4 Å². The molecule has 124 valence electrons. The molecule has 25 heavy (non-hydrogen) atoms. The minimum absolute atomic E-state index is 0.261. The number of nitrogens with zero attached hydrogens (tertiary/aromatic N) is 4. The van der Waals surface area contributed by atoms with E-state index >= 15 is 0 Å². The summed E-state index contributed by atoms with van der Waals surface area (Å²) in [5.74, 6) is 0.501. The van der Waals surface area contributed by atoms with Crippen LogP contribution in [0.1, 0.15) is 5.56 Å². The van der Waals surface area contributed by atoms with Gasteiger partial charge in [0.1, 0.15) is 11.6 Å². The van der Waals surface area contributed by atoms with Gasteiger partial charge in [-0.3, -0.25) is 4.98 Å². The van der Waals surface area contributed by atoms with E-state index in [4.69, 9.17) is 0 Å². The Labute approximate surface area is 144 Å². The molecule has 4 rings (SSSR count). The minimum Gasteiger partial charge on any atom is -0.368 e. The fourth-order valence-corrected chi connectivity index (χ4v) is 2.67. The molecule has 0 aliphatic heterocycles. The van der Waals surface area contributed by atoms with Crippen LogP contribution in [0.5, 0.6) is 0 Å². The van der Waals surface area contributed by atoms with E-state index in [1.54, 1.807) is 29.0 Å². The molecule has 0 amide bonds. The van der Waals surface area contributed by atoms with E-state index in [1.165, 1.54) is 17.7 Å². The monoisotopic (exact) mass is 333 g/mol. The van der Waals surface area contributed by atoms with Crippen molar-refractivity contribution in [2.75, 3.05) is 11.9 Å². The van der Waals surface area contributed by atoms with Crippen molar-refractivity contribution in [3.63, 3.8) is 0 Å². The van der Waals surface area contributed by atoms with E-state index in [-0.39, 0.29) is 5.82 Å². The predicted molar refractivity (Wildman–Crippen MR) is 94.8 cm³/mol. The molecule has 0 atom stereocenters. The lowest BCUT2D eigenvalue weighted by molar-refractivity contribution is 0.628. The number of imidazole rings is 1. The molecular formula is C19H16FN5. The molecule has 0 saturated carbocycles. The van der Waals surface area contributed by atoms with Gasteiger partial charge in [0.25, 0.3) is 0 Å². The molecule has 0 fully saturated rings. The van der Waals surface area contributed by atoms with Crippen molar-refractivity contribution in [2.45, 2.75) is 6.42 Å². The van der Waals surface area contributed by atoms with Crippen molar-refractivity contribution in [3.05, 3.63) is 78.5 Å². The number of nitrogens with one attached hydrogen (secondary N) is 1. The second-order valence-electron chi connectivity index (χ2n) is 5.68. The first-order valence-corrected chi connectivity index (χ1v) is 8.03. The molecule has 0 aliphatic carbocycles. The highest BCUT2D eigenvalue weighted by Gasteiger charge is 2.08. The first-order valence-electron chi connectivity index (χ1n) is 8.03. The topological polar surface area (TPSA) is 55.1 Å². The highest BCUT2D eigenvalue weighted by Crippen LogP contribution is 2.21. The third kappa shape index (κ3) is 3.33. The maximum Gasteiger partial charge on any atom is 0.154 e. The molecule has 0 radical (unpaired) electrons. The van der Waals surface area contributed by atoms with Crippen LogP contribution in [0.3, 0.4) is 0 Å². The quantitative estimate of drug-likeness (QED) is 0.606. The number of hydrogen-bond acceptors (Lipinski definition) is 4. The molecule has 3 heterocycles. The van der Waals surface area contributed by atoms with Crippen LogP contribution in [0, 0.1) is 5.82 Å². The molecule has 6 heteroatoms. The van der Waals surface area contributed by atoms with Crippen LogP contribution in [0.25, 0.3) is 16.9 Å². The van der Waals surface area contributed by atoms with Crippen LogP contribution in [0.2, 0.25) is 0 Å². The zero-order valence-electron chi connectivity index (χ0n) is 13.4. The lowest BCUT2D eigenvalue weighted by atomic mass is 10.2. The summed E-state index contributed by atoms with van der Waals surface area (Å²) in [6, 6.07) is 14.1. The Morgan fingerprint density at radius 2 is 1.88 bits per heavy atom. The number of aromatic nitrogens is 4. The molecule has 0 unspecified atom stereocenters. The Bertz CT molecular complexity index is 980. The van der Waals surface area contributed by atoms with Gasteiger partial charge in [-0.2, -0.15) is 0 Å². The SMILES string of the molecule is Fc1ccc(-c2cnc3ccc(NCCc4cccnc4)nn23)cc1. The normalized spacial score (nSPS) is 10.9. The summed E-state index contributed by atoms with van der Waals surface area (Å²) in [4.78, 5) is 8.47. The van der Waals surface area contributed by atoms with Crippen LogP contribution < -0.4 is 5.32 Å². The average Bonchev–Trinajstić information content (AvgIpc) is 3.07. The summed E-state index contributed by atoms with van der Waals surface area (Å²) in [7, 11) is 0. The van der Waals surface area contributed by atoms with Gasteiger partial charge in [0.2, 0.25) is 0 Å². The Balaban J connectivity index is 1.55. The van der Waals surface area contributed by atoms with E-state index in [9.17, 15) is 4.39 Å². The number of anilines is 1. The summed E-state index contributed by atoms with van der Waals surface area (Å²) in [5.41, 5.74) is 3.61. The highest BCUT2D eigenvalue weighted by atomic mass is 19.1. The fourth-order valence-electron chi connectivity index (χ4n) is 2.67. The van der Waals surface area contributed by atoms with Gasteiger partial charge in [0.05, 0.1) is 11.9 Å². The van der Waals surface area contributed by atoms with Crippen molar-refractivity contribution in [2.24, 2.45) is 0 Å². The zero-order valence-corrected chi connectivity index (χ0v) is 13.4. The summed E-state index contributed by atoms with van der Waals surface area (Å²) < 4.78 is 14.9. The van der Waals surface area contributed by atoms with E-state index in [0.29, 0.717) is 0 Å². The minimum atomic E-state index is -0.261. The van der Waals surface area contributed by atoms with Gasteiger partial charge in [0, 0.05) is 24.5 Å². The number of fused-ring (bicyclic) bond motifs is 1. The van der Waals surface area contributed by atoms with Crippen LogP contribution in [-0.4, -0.2) is 26.1 Å². The Hall–Kier alpha value is -3.28. The summed E-state index contributed by atoms with van der Waals surface area (Å²) in [5, 5.41) is 7.91. The van der Waals surface area contributed by atoms with Crippen molar-refractivity contribution in [3.8, 4) is 11.3 Å². The first kappa shape index (κ1) is 15.3. The molecule has 0 aliphatic rings. The largest absolute Gasteiger partial charge is 0.368 e. The Morgan fingerprint density at radius 1 is 1.00 bits per heavy atom. The third-order valence-corrected chi connectivity index (χ3v) is 3.94. The molecule has 5 nitrogen and oxygen atoms in total. The third-order valence-electron chi connectivity index (χ3n) is 3.94. The molecule has 1 N–H and O–H groups in total. The van der Waals surface area contributed by atoms with Gasteiger partial charge in [-0.15, -0.1) is 5.10 Å². The highest BCUT2D eigenvalue weighted by molar-refractivity contribution is 5.63. The molecule has 4 aromatic rings. The number of halogens is 1. The lowest BCUT2D eigenvalue weighted by Crippen LogP contribution is -2.08. The van der Waals surface area contributed by atoms with E-state index in [1.807, 2.05) is 30.5 Å². The van der Waals surface area contributed by atoms with E-state index < -0.39 is 0 Å². The number of hydrogen-bond donors (Lipinski definition) is 1. The summed E-state index contributed by atoms with van der Waals surface area (Å²) in [6.07, 6.45) is 6.24. The second kappa shape index (κ2) is 6.68. The standard InChI is InChI=1S/C19H16FN5/c20-16-5-3-15(4-6-16)17-13-23-19-8-7-18(24-25(17)19)22-11-9-14-2-1-10-21-12-14/h1-8,10,12-13H,9,11H2,(H,22,24). The van der Waals surface area contributed by atoms with Crippen molar-refractivity contribution in [1.29, 1.82) is 0 Å². The number of rotatable bonds is 5. The zero-order chi connectivity index (χ0) is 17.1. The van der Waals surface area contributed by atoms with Crippen LogP contribution >= 0.6 is 0 Å². The van der Waals surface area contributed by atoms with Gasteiger partial charge in [-0.1, -0.05) is 6.07 Å². The Morgan fingerprint density at radius 3 is 2.68 bits per heavy atom. The molecule has 3 aromatic heterocycles. The number of pyridine rings is 1. The second-order valence-corrected chi connectivity index (χ2v) is 5.68. The van der Waals surface area contributed by atoms with Crippen molar-refractivity contribution < 1.29 is 4.39 Å². The van der Waals surface area contributed by atoms with Gasteiger partial charge in [-0.25, -0.2) is 13.9 Å². The van der Waals surface area contributed by atoms with Crippen molar-refractivity contribution in [1.82, 2.24) is 19.6 Å². The average molecular weight is 333 g/mol. The molecule has 1 aromatic carbocycles. The maximum absolute atomic E-state index is 13.1. The molecule has 0 bridgehead atoms. The first-order chi connectivity index (χ1) is 12.3. The van der Waals surface area contributed by atoms with Gasteiger partial charge < -0.3 is 5.32 Å². The van der Waals surface area contributed by atoms with E-state index in [2.05, 4.69) is 20.4 Å². The van der Waals surface area contributed by atoms with E-state index in [0.717, 1.165) is 35.7 Å². The molecule has 0 saturated heterocycles. The van der Waals surface area contributed by atoms with Crippen molar-refractivity contribution >= 4 is 11.5 Å². The van der Waals surface area contributed by atoms with Gasteiger partial charge >= 0.3 is 0 Å². The molecular weight excluding hydrogens is 317 g/mol.